The second-order valence-electron chi connectivity index (χ2n) is 16.5. The highest BCUT2D eigenvalue weighted by atomic mass is 15.2. The predicted octanol–water partition coefficient (Wildman–Crippen LogP) is 16.7. The monoisotopic (exact) mass is 772 g/mol. The average molecular weight is 773 g/mol. The molecule has 0 bridgehead atoms. The lowest BCUT2D eigenvalue weighted by atomic mass is 9.91. The van der Waals surface area contributed by atoms with Gasteiger partial charge < -0.3 is 9.80 Å². The van der Waals surface area contributed by atoms with Crippen molar-refractivity contribution in [3.8, 4) is 22.3 Å². The summed E-state index contributed by atoms with van der Waals surface area (Å²) in [6, 6.07) is 67.4. The Bertz CT molecular complexity index is 2960. The van der Waals surface area contributed by atoms with E-state index >= 15 is 0 Å². The zero-order chi connectivity index (χ0) is 41.1. The van der Waals surface area contributed by atoms with Crippen LogP contribution in [0.2, 0.25) is 0 Å². The smallest absolute Gasteiger partial charge is 0.0540 e. The molecule has 0 aliphatic carbocycles. The Morgan fingerprint density at radius 3 is 1.03 bits per heavy atom. The van der Waals surface area contributed by atoms with Crippen molar-refractivity contribution in [3.05, 3.63) is 215 Å². The predicted molar refractivity (Wildman–Crippen MR) is 259 cm³/mol. The number of nitrogens with zero attached hydrogens (tertiary/aromatic N) is 2. The van der Waals surface area contributed by atoms with E-state index in [2.05, 4.69) is 233 Å². The molecule has 10 rings (SSSR count). The average Bonchev–Trinajstić information content (AvgIpc) is 3.26. The lowest BCUT2D eigenvalue weighted by Crippen LogP contribution is -2.13. The van der Waals surface area contributed by atoms with Crippen molar-refractivity contribution in [2.24, 2.45) is 0 Å². The molecular weight excluding hydrogens is 725 g/mol. The van der Waals surface area contributed by atoms with Crippen LogP contribution >= 0.6 is 0 Å². The van der Waals surface area contributed by atoms with Crippen molar-refractivity contribution >= 4 is 66.4 Å². The van der Waals surface area contributed by atoms with Crippen LogP contribution < -0.4 is 9.80 Å². The van der Waals surface area contributed by atoms with Crippen LogP contribution in [0.3, 0.4) is 0 Å². The van der Waals surface area contributed by atoms with Gasteiger partial charge in [0.2, 0.25) is 0 Å². The molecule has 0 aromatic heterocycles. The minimum atomic E-state index is 1.13. The van der Waals surface area contributed by atoms with Crippen LogP contribution in [0, 0.1) is 41.5 Å². The Hall–Kier alpha value is -7.16. The zero-order valence-electron chi connectivity index (χ0n) is 35.2. The van der Waals surface area contributed by atoms with Gasteiger partial charge in [0.15, 0.2) is 0 Å². The number of benzene rings is 10. The Balaban J connectivity index is 1.22. The Morgan fingerprint density at radius 2 is 0.650 bits per heavy atom. The van der Waals surface area contributed by atoms with Gasteiger partial charge in [0, 0.05) is 33.5 Å². The second-order valence-corrected chi connectivity index (χ2v) is 16.5. The number of hydrogen-bond donors (Lipinski definition) is 0. The Kier molecular flexibility index (Phi) is 9.22. The van der Waals surface area contributed by atoms with Gasteiger partial charge in [-0.1, -0.05) is 133 Å². The minimum absolute atomic E-state index is 1.13. The number of rotatable bonds is 8. The number of hydrogen-bond acceptors (Lipinski definition) is 2. The quantitative estimate of drug-likeness (QED) is 0.142. The largest absolute Gasteiger partial charge is 0.310 e. The lowest BCUT2D eigenvalue weighted by Gasteiger charge is -2.31. The summed E-state index contributed by atoms with van der Waals surface area (Å²) in [5.41, 5.74) is 19.6. The van der Waals surface area contributed by atoms with Crippen molar-refractivity contribution in [1.82, 2.24) is 0 Å². The summed E-state index contributed by atoms with van der Waals surface area (Å²) in [5.74, 6) is 0. The molecule has 10 aromatic carbocycles. The summed E-state index contributed by atoms with van der Waals surface area (Å²) in [7, 11) is 0. The van der Waals surface area contributed by atoms with Crippen molar-refractivity contribution in [3.63, 3.8) is 0 Å². The number of anilines is 6. The SMILES string of the molecule is Cc1ccc(-c2c(C)cccc2C)cc1N(c1ccccc1)c1ccc2ccc3c(N(c4ccccc4)c4cc(-c5c(C)cccc5C)ccc4C)ccc4ccc1c2c43. The van der Waals surface area contributed by atoms with Gasteiger partial charge in [-0.2, -0.15) is 0 Å². The maximum atomic E-state index is 2.47. The number of aryl methyl sites for hydroxylation is 6. The van der Waals surface area contributed by atoms with Crippen molar-refractivity contribution in [2.45, 2.75) is 41.5 Å². The van der Waals surface area contributed by atoms with E-state index in [1.165, 1.54) is 99.3 Å². The summed E-state index contributed by atoms with van der Waals surface area (Å²) in [6.45, 7) is 13.3. The first-order chi connectivity index (χ1) is 29.3. The number of para-hydroxylation sites is 2. The third-order valence-electron chi connectivity index (χ3n) is 12.6. The summed E-state index contributed by atoms with van der Waals surface area (Å²) in [6.07, 6.45) is 0. The summed E-state index contributed by atoms with van der Waals surface area (Å²) < 4.78 is 0. The molecule has 0 fully saturated rings. The molecule has 0 aliphatic heterocycles. The van der Waals surface area contributed by atoms with Gasteiger partial charge >= 0.3 is 0 Å². The molecule has 0 radical (unpaired) electrons. The topological polar surface area (TPSA) is 6.48 Å². The van der Waals surface area contributed by atoms with E-state index in [1.54, 1.807) is 0 Å². The van der Waals surface area contributed by atoms with Gasteiger partial charge in [-0.15, -0.1) is 0 Å². The van der Waals surface area contributed by atoms with Gasteiger partial charge in [0.25, 0.3) is 0 Å². The van der Waals surface area contributed by atoms with Gasteiger partial charge in [0.1, 0.15) is 0 Å². The summed E-state index contributed by atoms with van der Waals surface area (Å²) in [4.78, 5) is 4.94. The molecule has 0 spiro atoms. The van der Waals surface area contributed by atoms with Crippen molar-refractivity contribution in [1.29, 1.82) is 0 Å². The van der Waals surface area contributed by atoms with Crippen LogP contribution in [0.1, 0.15) is 33.4 Å². The standard InChI is InChI=1S/C58H48N2/c1-37-23-25-45(55-39(3)15-13-16-40(55)4)35-53(37)59(47-19-9-7-10-20-47)51-33-29-43-28-32-50-52(34-30-44-27-31-49(51)57(43)58(44)50)60(48-21-11-8-12-22-48)54-36-46(26-24-38(54)2)56-41(5)17-14-18-42(56)6/h7-36H,1-6H3. The molecular formula is C58H48N2. The fourth-order valence-corrected chi connectivity index (χ4v) is 9.68. The maximum Gasteiger partial charge on any atom is 0.0540 e. The third-order valence-corrected chi connectivity index (χ3v) is 12.6. The van der Waals surface area contributed by atoms with Crippen LogP contribution in [0.4, 0.5) is 34.1 Å². The molecule has 0 saturated heterocycles. The van der Waals surface area contributed by atoms with E-state index in [9.17, 15) is 0 Å². The fraction of sp³-hybridized carbons (Fsp3) is 0.103. The molecule has 0 heterocycles. The van der Waals surface area contributed by atoms with E-state index in [-0.39, 0.29) is 0 Å². The highest BCUT2D eigenvalue weighted by Crippen LogP contribution is 2.49. The van der Waals surface area contributed by atoms with Gasteiger partial charge in [-0.05, 0) is 167 Å². The zero-order valence-corrected chi connectivity index (χ0v) is 35.2. The first-order valence-electron chi connectivity index (χ1n) is 21.0. The van der Waals surface area contributed by atoms with Crippen LogP contribution in [-0.2, 0) is 0 Å². The van der Waals surface area contributed by atoms with Crippen LogP contribution in [0.5, 0.6) is 0 Å². The fourth-order valence-electron chi connectivity index (χ4n) is 9.68. The van der Waals surface area contributed by atoms with Crippen LogP contribution in [0.25, 0.3) is 54.6 Å². The molecule has 2 nitrogen and oxygen atoms in total. The summed E-state index contributed by atoms with van der Waals surface area (Å²) >= 11 is 0. The molecule has 2 heteroatoms. The maximum absolute atomic E-state index is 2.47. The first-order valence-corrected chi connectivity index (χ1v) is 21.0. The first kappa shape index (κ1) is 37.1. The molecule has 0 aliphatic rings. The highest BCUT2D eigenvalue weighted by Gasteiger charge is 2.24. The van der Waals surface area contributed by atoms with Gasteiger partial charge in [-0.25, -0.2) is 0 Å². The molecule has 0 atom stereocenters. The van der Waals surface area contributed by atoms with E-state index < -0.39 is 0 Å². The van der Waals surface area contributed by atoms with Crippen molar-refractivity contribution in [2.75, 3.05) is 9.80 Å². The van der Waals surface area contributed by atoms with Crippen LogP contribution in [0.15, 0.2) is 182 Å². The molecule has 60 heavy (non-hydrogen) atoms. The molecule has 0 saturated carbocycles. The van der Waals surface area contributed by atoms with E-state index in [1.807, 2.05) is 0 Å². The Morgan fingerprint density at radius 1 is 0.283 bits per heavy atom. The van der Waals surface area contributed by atoms with Gasteiger partial charge in [0.05, 0.1) is 11.4 Å². The van der Waals surface area contributed by atoms with E-state index in [0.717, 1.165) is 22.7 Å². The normalized spacial score (nSPS) is 11.5. The summed E-state index contributed by atoms with van der Waals surface area (Å²) in [5, 5.41) is 7.48. The third kappa shape index (κ3) is 6.19. The highest BCUT2D eigenvalue weighted by molar-refractivity contribution is 6.28. The molecule has 10 aromatic rings. The van der Waals surface area contributed by atoms with E-state index in [4.69, 9.17) is 0 Å². The van der Waals surface area contributed by atoms with E-state index in [0.29, 0.717) is 0 Å². The van der Waals surface area contributed by atoms with Gasteiger partial charge in [-0.3, -0.25) is 0 Å². The molecule has 290 valence electrons. The molecule has 0 amide bonds. The van der Waals surface area contributed by atoms with Crippen LogP contribution in [-0.4, -0.2) is 0 Å². The lowest BCUT2D eigenvalue weighted by molar-refractivity contribution is 1.26. The minimum Gasteiger partial charge on any atom is -0.310 e. The van der Waals surface area contributed by atoms with Crippen molar-refractivity contribution < 1.29 is 0 Å². The second kappa shape index (κ2) is 14.9. The Labute approximate surface area is 354 Å². The molecule has 0 N–H and O–H groups in total. The molecule has 0 unspecified atom stereocenters.